The normalized spacial score (nSPS) is 11.7. The van der Waals surface area contributed by atoms with Gasteiger partial charge in [-0.2, -0.15) is 0 Å². The van der Waals surface area contributed by atoms with Crippen molar-refractivity contribution in [3.05, 3.63) is 241 Å². The van der Waals surface area contributed by atoms with Gasteiger partial charge in [-0.15, -0.1) is 0 Å². The number of rotatable bonds is 11. The van der Waals surface area contributed by atoms with Crippen LogP contribution in [0.4, 0.5) is 11.4 Å². The molecule has 0 bridgehead atoms. The van der Waals surface area contributed by atoms with Crippen molar-refractivity contribution in [3.8, 4) is 0 Å². The zero-order valence-corrected chi connectivity index (χ0v) is 34.1. The summed E-state index contributed by atoms with van der Waals surface area (Å²) in [5.41, 5.74) is 6.30. The number of aliphatic imine (C=N–C) groups is 1. The molecule has 0 heterocycles. The van der Waals surface area contributed by atoms with Crippen molar-refractivity contribution in [2.75, 3.05) is 0 Å². The van der Waals surface area contributed by atoms with Gasteiger partial charge in [-0.1, -0.05) is 211 Å². The van der Waals surface area contributed by atoms with Crippen molar-refractivity contribution in [2.24, 2.45) is 14.5 Å². The molecule has 0 N–H and O–H groups in total. The fraction of sp³-hybridized carbons (Fsp3) is 0.0577. The van der Waals surface area contributed by atoms with Gasteiger partial charge < -0.3 is 0 Å². The van der Waals surface area contributed by atoms with Gasteiger partial charge in [0.1, 0.15) is 0 Å². The van der Waals surface area contributed by atoms with E-state index in [0.29, 0.717) is 6.54 Å². The van der Waals surface area contributed by atoms with Gasteiger partial charge in [0.05, 0.1) is 32.0 Å². The average molecular weight is 774 g/mol. The highest BCUT2D eigenvalue weighted by Gasteiger charge is 2.29. The molecule has 0 aliphatic rings. The highest BCUT2D eigenvalue weighted by Crippen LogP contribution is 2.51. The van der Waals surface area contributed by atoms with Crippen molar-refractivity contribution >= 4 is 63.5 Å². The third-order valence-corrected chi connectivity index (χ3v) is 17.5. The Bertz CT molecular complexity index is 2510. The average Bonchev–Trinajstić information content (AvgIpc) is 3.28. The predicted molar refractivity (Wildman–Crippen MR) is 248 cm³/mol. The summed E-state index contributed by atoms with van der Waals surface area (Å²) in [6, 6.07) is 77.8. The minimum atomic E-state index is -2.48. The van der Waals surface area contributed by atoms with E-state index in [1.807, 2.05) is 6.21 Å². The number of aryl methyl sites for hydroxylation is 2. The van der Waals surface area contributed by atoms with E-state index in [0.717, 1.165) is 28.1 Å². The number of benzene rings is 8. The Hall–Kier alpha value is -6.11. The van der Waals surface area contributed by atoms with Gasteiger partial charge in [0.25, 0.3) is 0 Å². The number of hydrogen-bond donors (Lipinski definition) is 0. The molecule has 8 aromatic rings. The van der Waals surface area contributed by atoms with Gasteiger partial charge in [-0.25, -0.2) is 0 Å². The van der Waals surface area contributed by atoms with Crippen LogP contribution in [0.25, 0.3) is 0 Å². The molecule has 0 atom stereocenters. The summed E-state index contributed by atoms with van der Waals surface area (Å²) >= 11 is 0. The molecule has 0 aliphatic carbocycles. The maximum absolute atomic E-state index is 5.87. The van der Waals surface area contributed by atoms with Crippen LogP contribution < -0.4 is 31.8 Å². The van der Waals surface area contributed by atoms with Crippen LogP contribution >= 0.6 is 14.1 Å². The smallest absolute Gasteiger partial charge is 0.0713 e. The van der Waals surface area contributed by atoms with Crippen LogP contribution in [0.2, 0.25) is 0 Å². The van der Waals surface area contributed by atoms with Crippen LogP contribution in [0.1, 0.15) is 22.3 Å². The maximum Gasteiger partial charge on any atom is 0.0713 e. The Labute approximate surface area is 337 Å². The molecule has 0 amide bonds. The molecule has 0 aliphatic heterocycles. The van der Waals surface area contributed by atoms with Crippen LogP contribution in [-0.4, -0.2) is 6.21 Å². The SMILES string of the molecule is Cc1ccc(N=P(c2ccccc2)(c2ccccc2)c2ccccc2)c(C=NCc2cc(C)ccc2N=P(c2ccccc2)(c2ccccc2)c2ccccc2)c1. The lowest BCUT2D eigenvalue weighted by Crippen LogP contribution is -2.25. The van der Waals surface area contributed by atoms with E-state index in [4.69, 9.17) is 14.5 Å². The Morgan fingerprint density at radius 1 is 0.368 bits per heavy atom. The molecular formula is C52H45N3P2. The zero-order chi connectivity index (χ0) is 38.9. The molecule has 0 aromatic heterocycles. The molecule has 0 spiro atoms. The Morgan fingerprint density at radius 2 is 0.684 bits per heavy atom. The molecule has 0 unspecified atom stereocenters. The van der Waals surface area contributed by atoms with E-state index in [9.17, 15) is 0 Å². The van der Waals surface area contributed by atoms with E-state index < -0.39 is 14.1 Å². The monoisotopic (exact) mass is 773 g/mol. The largest absolute Gasteiger partial charge is 0.288 e. The predicted octanol–water partition coefficient (Wildman–Crippen LogP) is 11.5. The van der Waals surface area contributed by atoms with E-state index in [2.05, 4.69) is 232 Å². The number of nitrogens with zero attached hydrogens (tertiary/aromatic N) is 3. The quantitative estimate of drug-likeness (QED) is 0.0927. The molecular weight excluding hydrogens is 729 g/mol. The van der Waals surface area contributed by atoms with Crippen LogP contribution in [0.5, 0.6) is 0 Å². The van der Waals surface area contributed by atoms with Crippen LogP contribution in [0, 0.1) is 13.8 Å². The Balaban J connectivity index is 1.28. The molecule has 0 radical (unpaired) electrons. The molecule has 0 saturated carbocycles. The molecule has 0 saturated heterocycles. The highest BCUT2D eigenvalue weighted by molar-refractivity contribution is 7.88. The lowest BCUT2D eigenvalue weighted by molar-refractivity contribution is 1.07. The number of hydrogen-bond acceptors (Lipinski definition) is 3. The summed E-state index contributed by atoms with van der Waals surface area (Å²) in [4.78, 5) is 5.19. The van der Waals surface area contributed by atoms with Crippen LogP contribution in [0.3, 0.4) is 0 Å². The van der Waals surface area contributed by atoms with Crippen molar-refractivity contribution in [1.29, 1.82) is 0 Å². The van der Waals surface area contributed by atoms with Gasteiger partial charge in [0.2, 0.25) is 0 Å². The second-order valence-corrected chi connectivity index (χ2v) is 20.2. The molecule has 3 nitrogen and oxygen atoms in total. The zero-order valence-electron chi connectivity index (χ0n) is 32.3. The summed E-state index contributed by atoms with van der Waals surface area (Å²) in [5.74, 6) is 0. The minimum Gasteiger partial charge on any atom is -0.288 e. The van der Waals surface area contributed by atoms with Crippen LogP contribution in [-0.2, 0) is 6.54 Å². The maximum atomic E-state index is 5.87. The van der Waals surface area contributed by atoms with E-state index in [-0.39, 0.29) is 0 Å². The molecule has 278 valence electrons. The molecule has 0 fully saturated rings. The third-order valence-electron chi connectivity index (χ3n) is 10.2. The van der Waals surface area contributed by atoms with Gasteiger partial charge in [-0.05, 0) is 37.6 Å². The second-order valence-electron chi connectivity index (χ2n) is 14.1. The van der Waals surface area contributed by atoms with E-state index in [1.54, 1.807) is 0 Å². The van der Waals surface area contributed by atoms with Gasteiger partial charge in [0.15, 0.2) is 0 Å². The second kappa shape index (κ2) is 17.4. The summed E-state index contributed by atoms with van der Waals surface area (Å²) in [5, 5.41) is 7.26. The fourth-order valence-electron chi connectivity index (χ4n) is 7.48. The fourth-order valence-corrected chi connectivity index (χ4v) is 14.6. The standard InChI is InChI=1S/C52H45N3P2/c1-41-33-35-51(54-56(45-21-9-3-10-22-45,46-23-11-4-12-24-46)47-25-13-5-14-26-47)43(37-41)39-53-40-44-38-42(2)34-36-52(44)55-57(48-27-15-6-16-28-48,49-29-17-7-18-30-49)50-31-19-8-20-32-50/h3-39H,40H2,1-2H3. The molecule has 5 heteroatoms. The summed E-state index contributed by atoms with van der Waals surface area (Å²) in [6.45, 7) is 4.75. The van der Waals surface area contributed by atoms with Gasteiger partial charge >= 0.3 is 0 Å². The van der Waals surface area contributed by atoms with Crippen molar-refractivity contribution in [3.63, 3.8) is 0 Å². The van der Waals surface area contributed by atoms with E-state index >= 15 is 0 Å². The minimum absolute atomic E-state index is 0.475. The Kier molecular flexibility index (Phi) is 11.5. The first kappa shape index (κ1) is 37.8. The lowest BCUT2D eigenvalue weighted by Gasteiger charge is -2.27. The lowest BCUT2D eigenvalue weighted by atomic mass is 10.1. The first-order chi connectivity index (χ1) is 28.1. The van der Waals surface area contributed by atoms with Crippen LogP contribution in [0.15, 0.2) is 233 Å². The van der Waals surface area contributed by atoms with E-state index in [1.165, 1.54) is 37.4 Å². The Morgan fingerprint density at radius 3 is 1.05 bits per heavy atom. The molecule has 8 rings (SSSR count). The van der Waals surface area contributed by atoms with Crippen molar-refractivity contribution in [1.82, 2.24) is 0 Å². The topological polar surface area (TPSA) is 37.1 Å². The van der Waals surface area contributed by atoms with Crippen molar-refractivity contribution in [2.45, 2.75) is 20.4 Å². The first-order valence-corrected chi connectivity index (χ1v) is 22.8. The summed E-state index contributed by atoms with van der Waals surface area (Å²) in [6.07, 6.45) is 2.02. The van der Waals surface area contributed by atoms with Gasteiger partial charge in [0, 0.05) is 43.6 Å². The van der Waals surface area contributed by atoms with Gasteiger partial charge in [-0.3, -0.25) is 14.5 Å². The highest BCUT2D eigenvalue weighted by atomic mass is 31.2. The first-order valence-electron chi connectivity index (χ1n) is 19.3. The third kappa shape index (κ3) is 7.96. The molecule has 57 heavy (non-hydrogen) atoms. The summed E-state index contributed by atoms with van der Waals surface area (Å²) in [7, 11) is -4.95. The summed E-state index contributed by atoms with van der Waals surface area (Å²) < 4.78 is 11.7. The molecule has 8 aromatic carbocycles. The van der Waals surface area contributed by atoms with Crippen molar-refractivity contribution < 1.29 is 0 Å².